The average Bonchev–Trinajstić information content (AvgIpc) is 2.32. The predicted molar refractivity (Wildman–Crippen MR) is 58.0 cm³/mol. The van der Waals surface area contributed by atoms with E-state index >= 15 is 0 Å². The number of rotatable bonds is 4. The van der Waals surface area contributed by atoms with Gasteiger partial charge in [0.2, 0.25) is 0 Å². The summed E-state index contributed by atoms with van der Waals surface area (Å²) in [5, 5.41) is 3.30. The Labute approximate surface area is 90.4 Å². The first-order valence-corrected chi connectivity index (χ1v) is 5.36. The van der Waals surface area contributed by atoms with Crippen molar-refractivity contribution in [3.63, 3.8) is 0 Å². The van der Waals surface area contributed by atoms with Crippen LogP contribution in [0.1, 0.15) is 6.42 Å². The third-order valence-electron chi connectivity index (χ3n) is 2.40. The highest BCUT2D eigenvalue weighted by atomic mass is 16.5. The molecule has 1 N–H and O–H groups in total. The van der Waals surface area contributed by atoms with Crippen molar-refractivity contribution < 1.29 is 9.47 Å². The molecule has 1 aromatic rings. The molecule has 3 nitrogen and oxygen atoms in total. The molecule has 1 atom stereocenters. The lowest BCUT2D eigenvalue weighted by Crippen LogP contribution is -2.39. The molecule has 1 radical (unpaired) electrons. The number of hydrogen-bond donors (Lipinski definition) is 1. The molecule has 0 spiro atoms. The third-order valence-corrected chi connectivity index (χ3v) is 2.40. The minimum Gasteiger partial charge on any atom is -0.493 e. The van der Waals surface area contributed by atoms with E-state index in [0.717, 1.165) is 31.9 Å². The van der Waals surface area contributed by atoms with Crippen LogP contribution in [-0.2, 0) is 4.74 Å². The first-order chi connectivity index (χ1) is 7.45. The normalized spacial score (nSPS) is 21.2. The standard InChI is InChI=1S/C12H16NO2/c1-2-4-11(5-3-1)14-8-6-12-10-13-7-9-15-12/h2-5,12-13H,6-10H2. The van der Waals surface area contributed by atoms with Crippen LogP contribution in [0, 0.1) is 6.07 Å². The lowest BCUT2D eigenvalue weighted by molar-refractivity contribution is 0.0159. The Morgan fingerprint density at radius 3 is 3.07 bits per heavy atom. The van der Waals surface area contributed by atoms with E-state index in [9.17, 15) is 0 Å². The van der Waals surface area contributed by atoms with Gasteiger partial charge in [0.15, 0.2) is 0 Å². The van der Waals surface area contributed by atoms with Gasteiger partial charge in [0.1, 0.15) is 5.75 Å². The first-order valence-electron chi connectivity index (χ1n) is 5.36. The molecule has 1 aliphatic heterocycles. The van der Waals surface area contributed by atoms with Crippen LogP contribution in [0.25, 0.3) is 0 Å². The average molecular weight is 206 g/mol. The quantitative estimate of drug-likeness (QED) is 0.804. The lowest BCUT2D eigenvalue weighted by Gasteiger charge is -2.23. The van der Waals surface area contributed by atoms with Crippen LogP contribution in [0.2, 0.25) is 0 Å². The van der Waals surface area contributed by atoms with Gasteiger partial charge in [-0.3, -0.25) is 0 Å². The van der Waals surface area contributed by atoms with Crippen LogP contribution < -0.4 is 10.1 Å². The number of hydrogen-bond acceptors (Lipinski definition) is 3. The van der Waals surface area contributed by atoms with Gasteiger partial charge in [-0.2, -0.15) is 0 Å². The lowest BCUT2D eigenvalue weighted by atomic mass is 10.2. The largest absolute Gasteiger partial charge is 0.493 e. The molecule has 0 amide bonds. The summed E-state index contributed by atoms with van der Waals surface area (Å²) >= 11 is 0. The SMILES string of the molecule is [c]1ccc(OCCC2CNCCO2)cc1. The van der Waals surface area contributed by atoms with Crippen LogP contribution in [-0.4, -0.2) is 32.4 Å². The van der Waals surface area contributed by atoms with E-state index in [1.54, 1.807) is 0 Å². The van der Waals surface area contributed by atoms with Gasteiger partial charge in [0, 0.05) is 19.5 Å². The number of benzene rings is 1. The molecule has 0 aromatic heterocycles. The van der Waals surface area contributed by atoms with Crippen molar-refractivity contribution in [2.75, 3.05) is 26.3 Å². The second kappa shape index (κ2) is 5.73. The fraction of sp³-hybridized carbons (Fsp3) is 0.500. The van der Waals surface area contributed by atoms with Crippen molar-refractivity contribution in [2.45, 2.75) is 12.5 Å². The molecule has 0 bridgehead atoms. The minimum absolute atomic E-state index is 0.300. The van der Waals surface area contributed by atoms with E-state index in [4.69, 9.17) is 9.47 Å². The Bertz CT molecular complexity index is 270. The summed E-state index contributed by atoms with van der Waals surface area (Å²) < 4.78 is 11.1. The summed E-state index contributed by atoms with van der Waals surface area (Å²) in [6.07, 6.45) is 1.24. The Hall–Kier alpha value is -1.06. The summed E-state index contributed by atoms with van der Waals surface area (Å²) in [7, 11) is 0. The molecule has 0 aliphatic carbocycles. The van der Waals surface area contributed by atoms with Crippen molar-refractivity contribution in [1.82, 2.24) is 5.32 Å². The molecule has 2 rings (SSSR count). The zero-order valence-electron chi connectivity index (χ0n) is 8.74. The molecule has 0 saturated carbocycles. The second-order valence-corrected chi connectivity index (χ2v) is 3.57. The minimum atomic E-state index is 0.300. The third kappa shape index (κ3) is 3.53. The topological polar surface area (TPSA) is 30.5 Å². The fourth-order valence-electron chi connectivity index (χ4n) is 1.58. The summed E-state index contributed by atoms with van der Waals surface area (Å²) in [4.78, 5) is 0. The van der Waals surface area contributed by atoms with Crippen LogP contribution in [0.4, 0.5) is 0 Å². The predicted octanol–water partition coefficient (Wildman–Crippen LogP) is 1.24. The molecule has 15 heavy (non-hydrogen) atoms. The van der Waals surface area contributed by atoms with Crippen LogP contribution in [0.15, 0.2) is 24.3 Å². The van der Waals surface area contributed by atoms with E-state index in [1.165, 1.54) is 0 Å². The van der Waals surface area contributed by atoms with Gasteiger partial charge in [0.05, 0.1) is 19.3 Å². The fourth-order valence-corrected chi connectivity index (χ4v) is 1.58. The molecule has 1 unspecified atom stereocenters. The van der Waals surface area contributed by atoms with Gasteiger partial charge in [-0.15, -0.1) is 0 Å². The van der Waals surface area contributed by atoms with E-state index in [1.807, 2.05) is 24.3 Å². The zero-order valence-corrected chi connectivity index (χ0v) is 8.74. The Morgan fingerprint density at radius 2 is 2.33 bits per heavy atom. The summed E-state index contributed by atoms with van der Waals surface area (Å²) in [5.41, 5.74) is 0. The zero-order chi connectivity index (χ0) is 10.3. The maximum absolute atomic E-state index is 5.58. The molecule has 1 saturated heterocycles. The van der Waals surface area contributed by atoms with E-state index in [-0.39, 0.29) is 0 Å². The van der Waals surface area contributed by atoms with Gasteiger partial charge in [-0.1, -0.05) is 12.1 Å². The molecule has 1 aromatic carbocycles. The smallest absolute Gasteiger partial charge is 0.119 e. The van der Waals surface area contributed by atoms with Gasteiger partial charge >= 0.3 is 0 Å². The molecule has 3 heteroatoms. The van der Waals surface area contributed by atoms with Gasteiger partial charge < -0.3 is 14.8 Å². The van der Waals surface area contributed by atoms with Gasteiger partial charge in [-0.25, -0.2) is 0 Å². The van der Waals surface area contributed by atoms with Gasteiger partial charge in [-0.05, 0) is 18.2 Å². The Kier molecular flexibility index (Phi) is 4.00. The van der Waals surface area contributed by atoms with Crippen molar-refractivity contribution >= 4 is 0 Å². The van der Waals surface area contributed by atoms with E-state index in [2.05, 4.69) is 11.4 Å². The van der Waals surface area contributed by atoms with E-state index in [0.29, 0.717) is 12.7 Å². The van der Waals surface area contributed by atoms with Crippen molar-refractivity contribution in [2.24, 2.45) is 0 Å². The maximum Gasteiger partial charge on any atom is 0.119 e. The molecule has 81 valence electrons. The number of ether oxygens (including phenoxy) is 2. The van der Waals surface area contributed by atoms with Crippen molar-refractivity contribution in [3.05, 3.63) is 30.3 Å². The highest BCUT2D eigenvalue weighted by molar-refractivity contribution is 5.20. The van der Waals surface area contributed by atoms with Crippen molar-refractivity contribution in [3.8, 4) is 5.75 Å². The second-order valence-electron chi connectivity index (χ2n) is 3.57. The maximum atomic E-state index is 5.58. The number of nitrogens with one attached hydrogen (secondary N) is 1. The highest BCUT2D eigenvalue weighted by Gasteiger charge is 2.12. The van der Waals surface area contributed by atoms with Crippen LogP contribution in [0.5, 0.6) is 5.75 Å². The van der Waals surface area contributed by atoms with Crippen LogP contribution >= 0.6 is 0 Å². The molecular weight excluding hydrogens is 190 g/mol. The molecule has 1 aliphatic rings. The molecule has 1 heterocycles. The molecular formula is C12H16NO2. The first kappa shape index (κ1) is 10.5. The Morgan fingerprint density at radius 1 is 1.47 bits per heavy atom. The monoisotopic (exact) mass is 206 g/mol. The number of morpholine rings is 1. The summed E-state index contributed by atoms with van der Waals surface area (Å²) in [5.74, 6) is 0.900. The summed E-state index contributed by atoms with van der Waals surface area (Å²) in [6.45, 7) is 3.42. The molecule has 1 fully saturated rings. The van der Waals surface area contributed by atoms with Gasteiger partial charge in [0.25, 0.3) is 0 Å². The Balaban J connectivity index is 1.66. The highest BCUT2D eigenvalue weighted by Crippen LogP contribution is 2.09. The summed E-state index contributed by atoms with van der Waals surface area (Å²) in [6, 6.07) is 10.5. The van der Waals surface area contributed by atoms with Crippen molar-refractivity contribution in [1.29, 1.82) is 0 Å². The van der Waals surface area contributed by atoms with E-state index < -0.39 is 0 Å². The van der Waals surface area contributed by atoms with Crippen LogP contribution in [0.3, 0.4) is 0 Å².